The van der Waals surface area contributed by atoms with E-state index in [1.807, 2.05) is 0 Å². The maximum atomic E-state index is 3.68. The molecular formula is C13H26N2. The van der Waals surface area contributed by atoms with Crippen molar-refractivity contribution in [3.05, 3.63) is 0 Å². The first-order chi connectivity index (χ1) is 7.27. The average molecular weight is 210 g/mol. The van der Waals surface area contributed by atoms with Crippen LogP contribution in [0.3, 0.4) is 0 Å². The second-order valence-corrected chi connectivity index (χ2v) is 5.64. The maximum absolute atomic E-state index is 3.68. The minimum atomic E-state index is 0.767. The molecule has 0 aromatic heterocycles. The van der Waals surface area contributed by atoms with E-state index >= 15 is 0 Å². The van der Waals surface area contributed by atoms with Gasteiger partial charge < -0.3 is 0 Å². The molecule has 1 aliphatic carbocycles. The van der Waals surface area contributed by atoms with Gasteiger partial charge in [0.25, 0.3) is 0 Å². The molecule has 3 unspecified atom stereocenters. The van der Waals surface area contributed by atoms with Gasteiger partial charge in [0.1, 0.15) is 0 Å². The van der Waals surface area contributed by atoms with Crippen molar-refractivity contribution in [1.29, 1.82) is 0 Å². The fraction of sp³-hybridized carbons (Fsp3) is 1.00. The van der Waals surface area contributed by atoms with Crippen LogP contribution >= 0.6 is 0 Å². The van der Waals surface area contributed by atoms with E-state index in [2.05, 4.69) is 24.2 Å². The van der Waals surface area contributed by atoms with E-state index in [4.69, 9.17) is 0 Å². The number of nitrogens with one attached hydrogen (secondary N) is 1. The second-order valence-electron chi connectivity index (χ2n) is 5.64. The van der Waals surface area contributed by atoms with Crippen LogP contribution in [0.4, 0.5) is 0 Å². The van der Waals surface area contributed by atoms with Crippen molar-refractivity contribution in [2.45, 2.75) is 51.5 Å². The van der Waals surface area contributed by atoms with E-state index in [1.54, 1.807) is 0 Å². The summed E-state index contributed by atoms with van der Waals surface area (Å²) in [6.45, 7) is 4.82. The Labute approximate surface area is 94.4 Å². The third-order valence-electron chi connectivity index (χ3n) is 4.33. The molecule has 0 aromatic carbocycles. The van der Waals surface area contributed by atoms with Crippen molar-refractivity contribution in [3.63, 3.8) is 0 Å². The van der Waals surface area contributed by atoms with Gasteiger partial charge in [-0.3, -0.25) is 10.2 Å². The molecule has 0 radical (unpaired) electrons. The minimum Gasteiger partial charge on any atom is -0.300 e. The van der Waals surface area contributed by atoms with E-state index in [0.717, 1.165) is 24.5 Å². The van der Waals surface area contributed by atoms with Crippen LogP contribution in [0.25, 0.3) is 0 Å². The van der Waals surface area contributed by atoms with Gasteiger partial charge in [-0.15, -0.1) is 0 Å². The molecule has 1 saturated carbocycles. The first-order valence-electron chi connectivity index (χ1n) is 6.69. The zero-order chi connectivity index (χ0) is 10.7. The quantitative estimate of drug-likeness (QED) is 0.715. The van der Waals surface area contributed by atoms with E-state index in [9.17, 15) is 0 Å². The van der Waals surface area contributed by atoms with Crippen LogP contribution in [0.5, 0.6) is 0 Å². The summed E-state index contributed by atoms with van der Waals surface area (Å²) in [5.41, 5.74) is 0. The number of rotatable bonds is 1. The van der Waals surface area contributed by atoms with E-state index in [-0.39, 0.29) is 0 Å². The molecule has 1 heterocycles. The smallest absolute Gasteiger partial charge is 0.0480 e. The zero-order valence-electron chi connectivity index (χ0n) is 10.3. The Kier molecular flexibility index (Phi) is 4.04. The van der Waals surface area contributed by atoms with Crippen LogP contribution in [-0.4, -0.2) is 31.2 Å². The van der Waals surface area contributed by atoms with Crippen LogP contribution in [0, 0.1) is 11.8 Å². The lowest BCUT2D eigenvalue weighted by atomic mass is 9.78. The molecule has 0 spiro atoms. The maximum Gasteiger partial charge on any atom is 0.0480 e. The van der Waals surface area contributed by atoms with Gasteiger partial charge in [0.15, 0.2) is 0 Å². The van der Waals surface area contributed by atoms with Crippen molar-refractivity contribution in [2.24, 2.45) is 11.8 Å². The molecule has 3 atom stereocenters. The predicted octanol–water partition coefficient (Wildman–Crippen LogP) is 2.45. The van der Waals surface area contributed by atoms with Crippen LogP contribution < -0.4 is 5.32 Å². The molecule has 1 aliphatic heterocycles. The van der Waals surface area contributed by atoms with Gasteiger partial charge in [0, 0.05) is 19.3 Å². The van der Waals surface area contributed by atoms with Crippen molar-refractivity contribution in [3.8, 4) is 0 Å². The monoisotopic (exact) mass is 210 g/mol. The first kappa shape index (κ1) is 11.4. The van der Waals surface area contributed by atoms with Crippen molar-refractivity contribution in [1.82, 2.24) is 10.2 Å². The normalized spacial score (nSPS) is 40.0. The molecule has 2 heteroatoms. The van der Waals surface area contributed by atoms with Gasteiger partial charge in [0.2, 0.25) is 0 Å². The van der Waals surface area contributed by atoms with Gasteiger partial charge in [-0.05, 0) is 25.3 Å². The topological polar surface area (TPSA) is 15.3 Å². The Bertz CT molecular complexity index is 193. The molecule has 0 bridgehead atoms. The summed E-state index contributed by atoms with van der Waals surface area (Å²) in [7, 11) is 2.22. The third-order valence-corrected chi connectivity index (χ3v) is 4.33. The predicted molar refractivity (Wildman–Crippen MR) is 64.8 cm³/mol. The van der Waals surface area contributed by atoms with E-state index in [1.165, 1.54) is 45.1 Å². The van der Waals surface area contributed by atoms with Crippen LogP contribution in [0.2, 0.25) is 0 Å². The molecular weight excluding hydrogens is 184 g/mol. The largest absolute Gasteiger partial charge is 0.300 e. The Morgan fingerprint density at radius 3 is 2.47 bits per heavy atom. The lowest BCUT2D eigenvalue weighted by Gasteiger charge is -2.31. The first-order valence-corrected chi connectivity index (χ1v) is 6.69. The standard InChI is InChI=1S/C13H26N2/c1-11-7-5-3-4-6-8-12(11)13-9-15(2)10-14-13/h11-14H,3-10H2,1-2H3. The van der Waals surface area contributed by atoms with E-state index < -0.39 is 0 Å². The fourth-order valence-electron chi connectivity index (χ4n) is 3.32. The molecule has 0 aromatic rings. The van der Waals surface area contributed by atoms with Gasteiger partial charge in [-0.2, -0.15) is 0 Å². The third kappa shape index (κ3) is 2.94. The lowest BCUT2D eigenvalue weighted by molar-refractivity contribution is 0.227. The molecule has 15 heavy (non-hydrogen) atoms. The van der Waals surface area contributed by atoms with Gasteiger partial charge in [-0.1, -0.05) is 39.0 Å². The molecule has 88 valence electrons. The van der Waals surface area contributed by atoms with Gasteiger partial charge in [0.05, 0.1) is 0 Å². The van der Waals surface area contributed by atoms with Gasteiger partial charge in [-0.25, -0.2) is 0 Å². The number of likely N-dealkylation sites (N-methyl/N-ethyl adjacent to an activating group) is 1. The van der Waals surface area contributed by atoms with Crippen LogP contribution in [0.15, 0.2) is 0 Å². The fourth-order valence-corrected chi connectivity index (χ4v) is 3.32. The molecule has 1 N–H and O–H groups in total. The minimum absolute atomic E-state index is 0.767. The number of nitrogens with zero attached hydrogens (tertiary/aromatic N) is 1. The number of hydrogen-bond donors (Lipinski definition) is 1. The molecule has 0 amide bonds. The highest BCUT2D eigenvalue weighted by atomic mass is 15.3. The second kappa shape index (κ2) is 5.31. The summed E-state index contributed by atoms with van der Waals surface area (Å²) >= 11 is 0. The number of hydrogen-bond acceptors (Lipinski definition) is 2. The summed E-state index contributed by atoms with van der Waals surface area (Å²) < 4.78 is 0. The highest BCUT2D eigenvalue weighted by Crippen LogP contribution is 2.31. The highest BCUT2D eigenvalue weighted by Gasteiger charge is 2.30. The molecule has 2 fully saturated rings. The summed E-state index contributed by atoms with van der Waals surface area (Å²) in [5, 5.41) is 3.68. The Hall–Kier alpha value is -0.0800. The lowest BCUT2D eigenvalue weighted by Crippen LogP contribution is -2.37. The Morgan fingerprint density at radius 2 is 1.80 bits per heavy atom. The SMILES string of the molecule is CC1CCCCCCC1C1CN(C)CN1. The summed E-state index contributed by atoms with van der Waals surface area (Å²) in [6, 6.07) is 0.767. The zero-order valence-corrected chi connectivity index (χ0v) is 10.3. The van der Waals surface area contributed by atoms with Crippen molar-refractivity contribution >= 4 is 0 Å². The Morgan fingerprint density at radius 1 is 1.07 bits per heavy atom. The van der Waals surface area contributed by atoms with Crippen LogP contribution in [0.1, 0.15) is 45.4 Å². The average Bonchev–Trinajstić information content (AvgIpc) is 2.59. The molecule has 2 aliphatic rings. The summed E-state index contributed by atoms with van der Waals surface area (Å²) in [5.74, 6) is 1.85. The Balaban J connectivity index is 1.91. The summed E-state index contributed by atoms with van der Waals surface area (Å²) in [6.07, 6.45) is 8.75. The van der Waals surface area contributed by atoms with E-state index in [0.29, 0.717) is 0 Å². The van der Waals surface area contributed by atoms with Gasteiger partial charge >= 0.3 is 0 Å². The summed E-state index contributed by atoms with van der Waals surface area (Å²) in [4.78, 5) is 2.41. The molecule has 2 rings (SSSR count). The highest BCUT2D eigenvalue weighted by molar-refractivity contribution is 4.86. The van der Waals surface area contributed by atoms with Crippen molar-refractivity contribution in [2.75, 3.05) is 20.3 Å². The van der Waals surface area contributed by atoms with Crippen LogP contribution in [-0.2, 0) is 0 Å². The molecule has 2 nitrogen and oxygen atoms in total. The molecule has 1 saturated heterocycles. The van der Waals surface area contributed by atoms with Crippen molar-refractivity contribution < 1.29 is 0 Å².